The van der Waals surface area contributed by atoms with E-state index in [1.807, 2.05) is 0 Å². The molecule has 0 bridgehead atoms. The molecule has 1 aromatic carbocycles. The maximum atomic E-state index is 5.66. The van der Waals surface area contributed by atoms with Crippen molar-refractivity contribution in [1.82, 2.24) is 15.6 Å². The molecule has 0 amide bonds. The second-order valence-electron chi connectivity index (χ2n) is 6.90. The normalized spacial score (nSPS) is 28.4. The summed E-state index contributed by atoms with van der Waals surface area (Å²) in [5, 5.41) is 8.83. The summed E-state index contributed by atoms with van der Waals surface area (Å²) in [6.45, 7) is 3.80. The fourth-order valence-corrected chi connectivity index (χ4v) is 4.32. The molecule has 4 nitrogen and oxygen atoms in total. The van der Waals surface area contributed by atoms with Crippen molar-refractivity contribution < 1.29 is 4.74 Å². The molecule has 1 aliphatic carbocycles. The van der Waals surface area contributed by atoms with Crippen LogP contribution < -0.4 is 10.6 Å². The smallest absolute Gasteiger partial charge is 0.0623 e. The van der Waals surface area contributed by atoms with Gasteiger partial charge in [0.05, 0.1) is 13.2 Å². The van der Waals surface area contributed by atoms with Gasteiger partial charge in [-0.2, -0.15) is 0 Å². The van der Waals surface area contributed by atoms with Gasteiger partial charge < -0.3 is 20.4 Å². The summed E-state index contributed by atoms with van der Waals surface area (Å²) >= 11 is 0. The Bertz CT molecular complexity index is 632. The lowest BCUT2D eigenvalue weighted by Crippen LogP contribution is -2.51. The van der Waals surface area contributed by atoms with Crippen LogP contribution in [0.1, 0.15) is 24.8 Å². The van der Waals surface area contributed by atoms with E-state index in [9.17, 15) is 0 Å². The van der Waals surface area contributed by atoms with Gasteiger partial charge in [0.15, 0.2) is 0 Å². The van der Waals surface area contributed by atoms with Gasteiger partial charge in [-0.05, 0) is 43.4 Å². The van der Waals surface area contributed by atoms with Crippen LogP contribution in [0.25, 0.3) is 10.9 Å². The SMILES string of the molecule is c1ccc2c(CCNC3CCCC3C3COCCN3)c[nH]c2c1. The molecule has 1 saturated carbocycles. The van der Waals surface area contributed by atoms with Gasteiger partial charge in [-0.15, -0.1) is 0 Å². The lowest BCUT2D eigenvalue weighted by Gasteiger charge is -2.33. The van der Waals surface area contributed by atoms with Gasteiger partial charge in [0.25, 0.3) is 0 Å². The van der Waals surface area contributed by atoms with E-state index in [4.69, 9.17) is 4.74 Å². The molecule has 1 aliphatic heterocycles. The first kappa shape index (κ1) is 15.2. The van der Waals surface area contributed by atoms with Crippen molar-refractivity contribution in [2.75, 3.05) is 26.3 Å². The lowest BCUT2D eigenvalue weighted by atomic mass is 9.94. The Morgan fingerprint density at radius 1 is 1.22 bits per heavy atom. The van der Waals surface area contributed by atoms with E-state index < -0.39 is 0 Å². The Kier molecular flexibility index (Phi) is 4.64. The van der Waals surface area contributed by atoms with E-state index in [1.54, 1.807) is 0 Å². The highest BCUT2D eigenvalue weighted by Gasteiger charge is 2.34. The van der Waals surface area contributed by atoms with E-state index >= 15 is 0 Å². The Hall–Kier alpha value is -1.36. The van der Waals surface area contributed by atoms with E-state index in [1.165, 1.54) is 35.7 Å². The Morgan fingerprint density at radius 2 is 2.17 bits per heavy atom. The summed E-state index contributed by atoms with van der Waals surface area (Å²) in [5.74, 6) is 0.721. The zero-order chi connectivity index (χ0) is 15.5. The Labute approximate surface area is 138 Å². The van der Waals surface area contributed by atoms with Crippen LogP contribution in [0.3, 0.4) is 0 Å². The summed E-state index contributed by atoms with van der Waals surface area (Å²) in [6.07, 6.45) is 7.22. The van der Waals surface area contributed by atoms with Crippen molar-refractivity contribution in [2.45, 2.75) is 37.8 Å². The quantitative estimate of drug-likeness (QED) is 0.795. The van der Waals surface area contributed by atoms with Crippen molar-refractivity contribution in [1.29, 1.82) is 0 Å². The lowest BCUT2D eigenvalue weighted by molar-refractivity contribution is 0.0526. The molecular weight excluding hydrogens is 286 g/mol. The summed E-state index contributed by atoms with van der Waals surface area (Å²) in [7, 11) is 0. The van der Waals surface area contributed by atoms with Crippen LogP contribution in [0.4, 0.5) is 0 Å². The second-order valence-corrected chi connectivity index (χ2v) is 6.90. The average Bonchev–Trinajstić information content (AvgIpc) is 3.23. The maximum absolute atomic E-state index is 5.66. The van der Waals surface area contributed by atoms with Crippen molar-refractivity contribution in [3.8, 4) is 0 Å². The van der Waals surface area contributed by atoms with Gasteiger partial charge in [-0.25, -0.2) is 0 Å². The fraction of sp³-hybridized carbons (Fsp3) is 0.579. The molecular formula is C19H27N3O. The molecule has 4 rings (SSSR count). The Balaban J connectivity index is 1.33. The van der Waals surface area contributed by atoms with Gasteiger partial charge in [0.1, 0.15) is 0 Å². The number of aromatic amines is 1. The molecule has 2 aliphatic rings. The topological polar surface area (TPSA) is 49.1 Å². The van der Waals surface area contributed by atoms with Crippen LogP contribution in [0.5, 0.6) is 0 Å². The monoisotopic (exact) mass is 313 g/mol. The number of ether oxygens (including phenoxy) is 1. The van der Waals surface area contributed by atoms with E-state index in [0.717, 1.165) is 38.6 Å². The van der Waals surface area contributed by atoms with Crippen LogP contribution in [0.15, 0.2) is 30.5 Å². The number of H-pyrrole nitrogens is 1. The minimum Gasteiger partial charge on any atom is -0.379 e. The highest BCUT2D eigenvalue weighted by atomic mass is 16.5. The predicted octanol–water partition coefficient (Wildman–Crippen LogP) is 2.46. The molecule has 23 heavy (non-hydrogen) atoms. The minimum absolute atomic E-state index is 0.539. The van der Waals surface area contributed by atoms with Gasteiger partial charge in [-0.3, -0.25) is 0 Å². The highest BCUT2D eigenvalue weighted by molar-refractivity contribution is 5.83. The van der Waals surface area contributed by atoms with Gasteiger partial charge in [0, 0.05) is 35.7 Å². The number of nitrogens with one attached hydrogen (secondary N) is 3. The second kappa shape index (κ2) is 7.04. The third kappa shape index (κ3) is 3.30. The van der Waals surface area contributed by atoms with Gasteiger partial charge >= 0.3 is 0 Å². The number of aromatic nitrogens is 1. The van der Waals surface area contributed by atoms with Crippen molar-refractivity contribution >= 4 is 10.9 Å². The number of rotatable bonds is 5. The summed E-state index contributed by atoms with van der Waals surface area (Å²) in [5.41, 5.74) is 2.66. The van der Waals surface area contributed by atoms with E-state index in [2.05, 4.69) is 46.1 Å². The fourth-order valence-electron chi connectivity index (χ4n) is 4.32. The molecule has 3 N–H and O–H groups in total. The number of hydrogen-bond acceptors (Lipinski definition) is 3. The van der Waals surface area contributed by atoms with Gasteiger partial charge in [-0.1, -0.05) is 24.6 Å². The standard InChI is InChI=1S/C19H27N3O/c1-2-6-17-15(4-1)14(12-22-17)8-9-20-18-7-3-5-16(18)19-13-23-11-10-21-19/h1-2,4,6,12,16,18-22H,3,5,7-11,13H2. The zero-order valence-corrected chi connectivity index (χ0v) is 13.7. The third-order valence-corrected chi connectivity index (χ3v) is 5.51. The summed E-state index contributed by atoms with van der Waals surface area (Å²) in [4.78, 5) is 3.37. The number of fused-ring (bicyclic) bond motifs is 1. The Morgan fingerprint density at radius 3 is 3.09 bits per heavy atom. The summed E-state index contributed by atoms with van der Waals surface area (Å²) in [6, 6.07) is 9.74. The highest BCUT2D eigenvalue weighted by Crippen LogP contribution is 2.29. The average molecular weight is 313 g/mol. The zero-order valence-electron chi connectivity index (χ0n) is 13.7. The van der Waals surface area contributed by atoms with Crippen molar-refractivity contribution in [2.24, 2.45) is 5.92 Å². The number of para-hydroxylation sites is 1. The molecule has 1 saturated heterocycles. The van der Waals surface area contributed by atoms with Crippen LogP contribution >= 0.6 is 0 Å². The van der Waals surface area contributed by atoms with E-state index in [0.29, 0.717) is 12.1 Å². The molecule has 2 heterocycles. The van der Waals surface area contributed by atoms with Crippen LogP contribution in [0, 0.1) is 5.92 Å². The molecule has 0 spiro atoms. The van der Waals surface area contributed by atoms with Crippen molar-refractivity contribution in [3.63, 3.8) is 0 Å². The number of benzene rings is 1. The largest absolute Gasteiger partial charge is 0.379 e. The molecule has 124 valence electrons. The first-order chi connectivity index (χ1) is 11.4. The molecule has 3 unspecified atom stereocenters. The molecule has 0 radical (unpaired) electrons. The minimum atomic E-state index is 0.539. The molecule has 1 aromatic heterocycles. The first-order valence-electron chi connectivity index (χ1n) is 9.01. The predicted molar refractivity (Wildman–Crippen MR) is 93.7 cm³/mol. The third-order valence-electron chi connectivity index (χ3n) is 5.51. The number of hydrogen-bond donors (Lipinski definition) is 3. The summed E-state index contributed by atoms with van der Waals surface area (Å²) < 4.78 is 5.66. The van der Waals surface area contributed by atoms with Gasteiger partial charge in [0.2, 0.25) is 0 Å². The van der Waals surface area contributed by atoms with Crippen LogP contribution in [-0.2, 0) is 11.2 Å². The van der Waals surface area contributed by atoms with Crippen LogP contribution in [0.2, 0.25) is 0 Å². The molecule has 2 fully saturated rings. The molecule has 2 aromatic rings. The van der Waals surface area contributed by atoms with Crippen molar-refractivity contribution in [3.05, 3.63) is 36.0 Å². The number of morpholine rings is 1. The molecule has 3 atom stereocenters. The van der Waals surface area contributed by atoms with E-state index in [-0.39, 0.29) is 0 Å². The first-order valence-corrected chi connectivity index (χ1v) is 9.01. The van der Waals surface area contributed by atoms with Crippen LogP contribution in [-0.4, -0.2) is 43.4 Å². The maximum Gasteiger partial charge on any atom is 0.0623 e. The molecule has 4 heteroatoms.